The Labute approximate surface area is 166 Å². The fourth-order valence-corrected chi connectivity index (χ4v) is 5.90. The highest BCUT2D eigenvalue weighted by molar-refractivity contribution is 5.82. The van der Waals surface area contributed by atoms with Crippen molar-refractivity contribution in [2.24, 2.45) is 35.3 Å². The zero-order chi connectivity index (χ0) is 19.6. The van der Waals surface area contributed by atoms with Gasteiger partial charge in [-0.1, -0.05) is 47.0 Å². The molecule has 5 unspecified atom stereocenters. The third kappa shape index (κ3) is 4.70. The van der Waals surface area contributed by atoms with E-state index in [1.165, 1.54) is 50.5 Å². The van der Waals surface area contributed by atoms with Gasteiger partial charge in [0.1, 0.15) is 0 Å². The molecule has 0 aromatic heterocycles. The standard InChI is InChI=1S/C23H41N3O/c1-14(2)17-9-7-10-18(15(3)4)22(17)26-23(27)20(24)12-16-13-25-21-11-6-5-8-19(16)21/h13-15,17-22,25H,5-12,24H2,1-4H3,(H,26,27). The molecule has 4 nitrogen and oxygen atoms in total. The number of carbonyl (C=O) groups is 1. The first-order valence-electron chi connectivity index (χ1n) is 11.4. The maximum Gasteiger partial charge on any atom is 0.237 e. The average Bonchev–Trinajstić information content (AvgIpc) is 3.04. The van der Waals surface area contributed by atoms with E-state index in [-0.39, 0.29) is 11.9 Å². The quantitative estimate of drug-likeness (QED) is 0.658. The molecule has 1 aliphatic heterocycles. The van der Waals surface area contributed by atoms with E-state index in [4.69, 9.17) is 5.73 Å². The van der Waals surface area contributed by atoms with E-state index in [1.807, 2.05) is 0 Å². The molecular formula is C23H41N3O. The normalized spacial score (nSPS) is 34.8. The summed E-state index contributed by atoms with van der Waals surface area (Å²) in [4.78, 5) is 13.0. The molecule has 0 bridgehead atoms. The first-order valence-corrected chi connectivity index (χ1v) is 11.4. The number of carbonyl (C=O) groups excluding carboxylic acids is 1. The molecule has 0 saturated heterocycles. The second-order valence-electron chi connectivity index (χ2n) is 9.97. The average molecular weight is 376 g/mol. The van der Waals surface area contributed by atoms with E-state index in [0.29, 0.717) is 42.1 Å². The molecular weight excluding hydrogens is 334 g/mol. The van der Waals surface area contributed by atoms with Crippen LogP contribution >= 0.6 is 0 Å². The highest BCUT2D eigenvalue weighted by Crippen LogP contribution is 2.38. The lowest BCUT2D eigenvalue weighted by Crippen LogP contribution is -2.54. The molecule has 0 aromatic rings. The fraction of sp³-hybridized carbons (Fsp3) is 0.870. The summed E-state index contributed by atoms with van der Waals surface area (Å²) in [5.74, 6) is 2.97. The highest BCUT2D eigenvalue weighted by atomic mass is 16.2. The third-order valence-electron chi connectivity index (χ3n) is 7.54. The van der Waals surface area contributed by atoms with Gasteiger partial charge in [-0.15, -0.1) is 0 Å². The van der Waals surface area contributed by atoms with Crippen LogP contribution in [0.5, 0.6) is 0 Å². The Morgan fingerprint density at radius 3 is 2.33 bits per heavy atom. The number of rotatable bonds is 6. The molecule has 2 aliphatic carbocycles. The van der Waals surface area contributed by atoms with E-state index < -0.39 is 6.04 Å². The van der Waals surface area contributed by atoms with Gasteiger partial charge in [0, 0.05) is 18.0 Å². The van der Waals surface area contributed by atoms with Crippen molar-refractivity contribution in [3.63, 3.8) is 0 Å². The summed E-state index contributed by atoms with van der Waals surface area (Å²) in [7, 11) is 0. The molecule has 0 spiro atoms. The Balaban J connectivity index is 1.61. The number of hydrogen-bond donors (Lipinski definition) is 3. The summed E-state index contributed by atoms with van der Waals surface area (Å²) in [5.41, 5.74) is 7.77. The van der Waals surface area contributed by atoms with Crippen molar-refractivity contribution in [1.82, 2.24) is 10.6 Å². The second kappa shape index (κ2) is 8.98. The first kappa shape index (κ1) is 20.7. The fourth-order valence-electron chi connectivity index (χ4n) is 5.90. The lowest BCUT2D eigenvalue weighted by Gasteiger charge is -2.43. The molecule has 2 saturated carbocycles. The minimum absolute atomic E-state index is 0.0540. The molecule has 3 rings (SSSR count). The zero-order valence-electron chi connectivity index (χ0n) is 17.8. The topological polar surface area (TPSA) is 67.2 Å². The Kier molecular flexibility index (Phi) is 6.88. The Hall–Kier alpha value is -1.03. The first-order chi connectivity index (χ1) is 12.9. The molecule has 4 N–H and O–H groups in total. The van der Waals surface area contributed by atoms with E-state index in [0.717, 1.165) is 0 Å². The highest BCUT2D eigenvalue weighted by Gasteiger charge is 2.38. The van der Waals surface area contributed by atoms with Gasteiger partial charge in [0.25, 0.3) is 0 Å². The Morgan fingerprint density at radius 2 is 1.70 bits per heavy atom. The van der Waals surface area contributed by atoms with Gasteiger partial charge in [-0.25, -0.2) is 0 Å². The number of nitrogens with two attached hydrogens (primary N) is 1. The second-order valence-corrected chi connectivity index (χ2v) is 9.97. The maximum atomic E-state index is 13.0. The van der Waals surface area contributed by atoms with Crippen LogP contribution in [-0.2, 0) is 4.79 Å². The molecule has 0 aromatic carbocycles. The minimum atomic E-state index is -0.429. The van der Waals surface area contributed by atoms with Crippen LogP contribution in [0.25, 0.3) is 0 Å². The van der Waals surface area contributed by atoms with Crippen LogP contribution in [0, 0.1) is 29.6 Å². The van der Waals surface area contributed by atoms with Crippen LogP contribution in [0.15, 0.2) is 11.8 Å². The van der Waals surface area contributed by atoms with Gasteiger partial charge in [-0.3, -0.25) is 4.79 Å². The van der Waals surface area contributed by atoms with Crippen LogP contribution in [0.4, 0.5) is 0 Å². The van der Waals surface area contributed by atoms with Crippen molar-refractivity contribution in [3.05, 3.63) is 11.8 Å². The summed E-state index contributed by atoms with van der Waals surface area (Å²) >= 11 is 0. The summed E-state index contributed by atoms with van der Waals surface area (Å²) in [6.45, 7) is 9.19. The van der Waals surface area contributed by atoms with Crippen molar-refractivity contribution in [3.8, 4) is 0 Å². The van der Waals surface area contributed by atoms with Crippen LogP contribution in [-0.4, -0.2) is 24.0 Å². The van der Waals surface area contributed by atoms with Gasteiger partial charge in [0.15, 0.2) is 0 Å². The van der Waals surface area contributed by atoms with E-state index >= 15 is 0 Å². The van der Waals surface area contributed by atoms with Crippen molar-refractivity contribution in [2.75, 3.05) is 0 Å². The number of amides is 1. The SMILES string of the molecule is CC(C)C1CCCC(C(C)C)C1NC(=O)C(N)CC1=CNC2CCCCC12. The predicted octanol–water partition coefficient (Wildman–Crippen LogP) is 3.96. The number of fused-ring (bicyclic) bond motifs is 1. The lowest BCUT2D eigenvalue weighted by atomic mass is 9.68. The lowest BCUT2D eigenvalue weighted by molar-refractivity contribution is -0.124. The summed E-state index contributed by atoms with van der Waals surface area (Å²) in [5, 5.41) is 6.94. The monoisotopic (exact) mass is 375 g/mol. The summed E-state index contributed by atoms with van der Waals surface area (Å²) in [6, 6.07) is 0.426. The Morgan fingerprint density at radius 1 is 1.07 bits per heavy atom. The summed E-state index contributed by atoms with van der Waals surface area (Å²) < 4.78 is 0. The van der Waals surface area contributed by atoms with Gasteiger partial charge in [0.05, 0.1) is 6.04 Å². The van der Waals surface area contributed by atoms with Crippen LogP contribution in [0.2, 0.25) is 0 Å². The minimum Gasteiger partial charge on any atom is -0.388 e. The zero-order valence-corrected chi connectivity index (χ0v) is 17.8. The van der Waals surface area contributed by atoms with Gasteiger partial charge in [0.2, 0.25) is 5.91 Å². The molecule has 154 valence electrons. The van der Waals surface area contributed by atoms with Crippen molar-refractivity contribution in [2.45, 2.75) is 97.2 Å². The molecule has 1 amide bonds. The smallest absolute Gasteiger partial charge is 0.237 e. The maximum absolute atomic E-state index is 13.0. The van der Waals surface area contributed by atoms with Crippen LogP contribution in [0.3, 0.4) is 0 Å². The van der Waals surface area contributed by atoms with E-state index in [9.17, 15) is 4.79 Å². The molecule has 3 aliphatic rings. The van der Waals surface area contributed by atoms with Gasteiger partial charge in [-0.05, 0) is 67.5 Å². The largest absolute Gasteiger partial charge is 0.388 e. The van der Waals surface area contributed by atoms with E-state index in [2.05, 4.69) is 44.5 Å². The van der Waals surface area contributed by atoms with Crippen LogP contribution in [0.1, 0.15) is 79.1 Å². The van der Waals surface area contributed by atoms with Gasteiger partial charge in [-0.2, -0.15) is 0 Å². The van der Waals surface area contributed by atoms with Gasteiger partial charge >= 0.3 is 0 Å². The third-order valence-corrected chi connectivity index (χ3v) is 7.54. The van der Waals surface area contributed by atoms with Crippen molar-refractivity contribution >= 4 is 5.91 Å². The molecule has 2 fully saturated rings. The molecule has 4 heteroatoms. The van der Waals surface area contributed by atoms with Gasteiger partial charge < -0.3 is 16.4 Å². The van der Waals surface area contributed by atoms with Crippen LogP contribution < -0.4 is 16.4 Å². The molecule has 0 radical (unpaired) electrons. The van der Waals surface area contributed by atoms with E-state index in [1.54, 1.807) is 0 Å². The molecule has 27 heavy (non-hydrogen) atoms. The molecule has 1 heterocycles. The number of hydrogen-bond acceptors (Lipinski definition) is 3. The summed E-state index contributed by atoms with van der Waals surface area (Å²) in [6.07, 6.45) is 11.7. The van der Waals surface area contributed by atoms with Crippen molar-refractivity contribution < 1.29 is 4.79 Å². The predicted molar refractivity (Wildman–Crippen MR) is 112 cm³/mol. The molecule has 5 atom stereocenters. The van der Waals surface area contributed by atoms with Crippen molar-refractivity contribution in [1.29, 1.82) is 0 Å². The number of nitrogens with one attached hydrogen (secondary N) is 2. The Bertz CT molecular complexity index is 526.